The van der Waals surface area contributed by atoms with Gasteiger partial charge in [-0.25, -0.2) is 0 Å². The molecule has 1 N–H and O–H groups in total. The van der Waals surface area contributed by atoms with Crippen molar-refractivity contribution >= 4 is 39.3 Å². The third kappa shape index (κ3) is 4.06. The summed E-state index contributed by atoms with van der Waals surface area (Å²) in [4.78, 5) is 12.0. The van der Waals surface area contributed by atoms with Crippen LogP contribution in [0.3, 0.4) is 0 Å². The molecule has 0 aromatic heterocycles. The molecule has 1 aromatic carbocycles. The summed E-state index contributed by atoms with van der Waals surface area (Å²) in [5.74, 6) is -0.270. The summed E-state index contributed by atoms with van der Waals surface area (Å²) < 4.78 is 4.61. The first-order valence-corrected chi connectivity index (χ1v) is 6.91. The molecule has 1 aromatic rings. The highest BCUT2D eigenvalue weighted by molar-refractivity contribution is 9.10. The molecule has 0 amide bonds. The Hall–Kier alpha value is -0.680. The largest absolute Gasteiger partial charge is 0.468 e. The molecule has 16 heavy (non-hydrogen) atoms. The number of benzene rings is 1. The van der Waals surface area contributed by atoms with Crippen LogP contribution in [0.1, 0.15) is 0 Å². The van der Waals surface area contributed by atoms with E-state index < -0.39 is 0 Å². The van der Waals surface area contributed by atoms with Gasteiger partial charge in [0.05, 0.1) is 7.11 Å². The minimum atomic E-state index is -0.322. The van der Waals surface area contributed by atoms with Gasteiger partial charge in [0.15, 0.2) is 0 Å². The number of carbonyl (C=O) groups is 1. The van der Waals surface area contributed by atoms with Gasteiger partial charge in [0.1, 0.15) is 4.83 Å². The number of rotatable bonds is 5. The van der Waals surface area contributed by atoms with E-state index in [0.717, 1.165) is 5.69 Å². The predicted molar refractivity (Wildman–Crippen MR) is 71.4 cm³/mol. The maximum absolute atomic E-state index is 11.1. The number of ether oxygens (including phenoxy) is 1. The zero-order chi connectivity index (χ0) is 12.0. The molecule has 0 radical (unpaired) electrons. The maximum Gasteiger partial charge on any atom is 0.321 e. The number of nitrogens with one attached hydrogen (secondary N) is 1. The molecule has 3 nitrogen and oxygen atoms in total. The number of carbonyl (C=O) groups excluding carboxylic acids is 1. The van der Waals surface area contributed by atoms with Crippen molar-refractivity contribution in [2.24, 2.45) is 0 Å². The number of anilines is 1. The van der Waals surface area contributed by atoms with Crippen LogP contribution in [-0.2, 0) is 9.53 Å². The first-order valence-electron chi connectivity index (χ1n) is 4.77. The van der Waals surface area contributed by atoms with Crippen molar-refractivity contribution in [3.63, 3.8) is 0 Å². The lowest BCUT2D eigenvalue weighted by atomic mass is 10.3. The quantitative estimate of drug-likeness (QED) is 0.516. The number of methoxy groups -OCH3 is 1. The van der Waals surface area contributed by atoms with Crippen molar-refractivity contribution < 1.29 is 9.53 Å². The molecular weight excluding hydrogens is 290 g/mol. The standard InChI is InChI=1S/C11H14BrNO2S/c1-15-11(14)10(12)7-13-8-3-5-9(16-2)6-4-8/h3-6,10,13H,7H2,1-2H3. The Balaban J connectivity index is 2.45. The van der Waals surface area contributed by atoms with Gasteiger partial charge in [-0.05, 0) is 30.5 Å². The summed E-state index contributed by atoms with van der Waals surface area (Å²) in [6.07, 6.45) is 2.04. The minimum Gasteiger partial charge on any atom is -0.468 e. The zero-order valence-electron chi connectivity index (χ0n) is 9.20. The number of esters is 1. The third-order valence-corrected chi connectivity index (χ3v) is 3.47. The summed E-state index contributed by atoms with van der Waals surface area (Å²) in [6, 6.07) is 8.05. The van der Waals surface area contributed by atoms with Crippen molar-refractivity contribution in [1.29, 1.82) is 0 Å². The van der Waals surface area contributed by atoms with Crippen LogP contribution in [0.2, 0.25) is 0 Å². The van der Waals surface area contributed by atoms with Crippen molar-refractivity contribution in [3.05, 3.63) is 24.3 Å². The van der Waals surface area contributed by atoms with E-state index in [2.05, 4.69) is 26.0 Å². The van der Waals surface area contributed by atoms with Crippen LogP contribution in [0, 0.1) is 0 Å². The van der Waals surface area contributed by atoms with E-state index in [1.54, 1.807) is 11.8 Å². The topological polar surface area (TPSA) is 38.3 Å². The molecule has 0 saturated heterocycles. The molecule has 0 fully saturated rings. The SMILES string of the molecule is COC(=O)C(Br)CNc1ccc(SC)cc1. The first-order chi connectivity index (χ1) is 7.67. The van der Waals surface area contributed by atoms with Gasteiger partial charge in [0.2, 0.25) is 0 Å². The summed E-state index contributed by atoms with van der Waals surface area (Å²) in [5.41, 5.74) is 0.992. The Morgan fingerprint density at radius 2 is 2.12 bits per heavy atom. The number of hydrogen-bond donors (Lipinski definition) is 1. The van der Waals surface area contributed by atoms with Gasteiger partial charge in [0, 0.05) is 17.1 Å². The average molecular weight is 304 g/mol. The van der Waals surface area contributed by atoms with E-state index in [9.17, 15) is 4.79 Å². The van der Waals surface area contributed by atoms with Gasteiger partial charge in [-0.3, -0.25) is 4.79 Å². The molecule has 1 rings (SSSR count). The van der Waals surface area contributed by atoms with Crippen LogP contribution in [0.25, 0.3) is 0 Å². The van der Waals surface area contributed by atoms with E-state index >= 15 is 0 Å². The molecule has 0 bridgehead atoms. The van der Waals surface area contributed by atoms with Crippen molar-refractivity contribution in [1.82, 2.24) is 0 Å². The molecule has 0 saturated carbocycles. The van der Waals surface area contributed by atoms with Crippen LogP contribution in [0.5, 0.6) is 0 Å². The van der Waals surface area contributed by atoms with Gasteiger partial charge in [0.25, 0.3) is 0 Å². The smallest absolute Gasteiger partial charge is 0.321 e. The molecule has 0 aliphatic heterocycles. The van der Waals surface area contributed by atoms with Crippen LogP contribution in [0.15, 0.2) is 29.2 Å². The fraction of sp³-hybridized carbons (Fsp3) is 0.364. The van der Waals surface area contributed by atoms with Crippen molar-refractivity contribution in [2.75, 3.05) is 25.2 Å². The van der Waals surface area contributed by atoms with E-state index in [1.807, 2.05) is 30.5 Å². The lowest BCUT2D eigenvalue weighted by molar-refractivity contribution is -0.139. The second-order valence-electron chi connectivity index (χ2n) is 3.10. The molecule has 1 unspecified atom stereocenters. The van der Waals surface area contributed by atoms with Gasteiger partial charge in [-0.15, -0.1) is 11.8 Å². The molecule has 1 atom stereocenters. The number of alkyl halides is 1. The fourth-order valence-electron chi connectivity index (χ4n) is 1.13. The molecule has 5 heteroatoms. The van der Waals surface area contributed by atoms with Crippen LogP contribution < -0.4 is 5.32 Å². The highest BCUT2D eigenvalue weighted by atomic mass is 79.9. The number of hydrogen-bond acceptors (Lipinski definition) is 4. The molecule has 0 aliphatic carbocycles. The van der Waals surface area contributed by atoms with Crippen LogP contribution in [0.4, 0.5) is 5.69 Å². The molecule has 0 spiro atoms. The second kappa shape index (κ2) is 6.81. The van der Waals surface area contributed by atoms with E-state index in [0.29, 0.717) is 6.54 Å². The minimum absolute atomic E-state index is 0.270. The molecular formula is C11H14BrNO2S. The highest BCUT2D eigenvalue weighted by Crippen LogP contribution is 2.17. The van der Waals surface area contributed by atoms with Crippen LogP contribution >= 0.6 is 27.7 Å². The first kappa shape index (κ1) is 13.4. The summed E-state index contributed by atoms with van der Waals surface area (Å²) in [7, 11) is 1.38. The third-order valence-electron chi connectivity index (χ3n) is 2.03. The van der Waals surface area contributed by atoms with Gasteiger partial charge in [-0.2, -0.15) is 0 Å². The van der Waals surface area contributed by atoms with Gasteiger partial charge < -0.3 is 10.1 Å². The lowest BCUT2D eigenvalue weighted by Gasteiger charge is -2.10. The van der Waals surface area contributed by atoms with Crippen molar-refractivity contribution in [2.45, 2.75) is 9.72 Å². The monoisotopic (exact) mass is 303 g/mol. The molecule has 0 heterocycles. The van der Waals surface area contributed by atoms with E-state index in [1.165, 1.54) is 12.0 Å². The Morgan fingerprint density at radius 1 is 1.50 bits per heavy atom. The fourth-order valence-corrected chi connectivity index (χ4v) is 1.88. The predicted octanol–water partition coefficient (Wildman–Crippen LogP) is 2.76. The van der Waals surface area contributed by atoms with E-state index in [-0.39, 0.29) is 10.8 Å². The van der Waals surface area contributed by atoms with Gasteiger partial charge in [-0.1, -0.05) is 15.9 Å². The molecule has 0 aliphatic rings. The Morgan fingerprint density at radius 3 is 2.62 bits per heavy atom. The normalized spacial score (nSPS) is 11.9. The van der Waals surface area contributed by atoms with Crippen LogP contribution in [-0.4, -0.2) is 30.7 Å². The lowest BCUT2D eigenvalue weighted by Crippen LogP contribution is -2.24. The Labute approximate surface area is 108 Å². The summed E-state index contributed by atoms with van der Waals surface area (Å²) in [5, 5.41) is 3.15. The summed E-state index contributed by atoms with van der Waals surface area (Å²) in [6.45, 7) is 0.505. The number of thioether (sulfide) groups is 1. The summed E-state index contributed by atoms with van der Waals surface area (Å²) >= 11 is 4.95. The highest BCUT2D eigenvalue weighted by Gasteiger charge is 2.14. The maximum atomic E-state index is 11.1. The second-order valence-corrected chi connectivity index (χ2v) is 5.09. The Kier molecular flexibility index (Phi) is 5.69. The Bertz CT molecular complexity index is 342. The zero-order valence-corrected chi connectivity index (χ0v) is 11.6. The average Bonchev–Trinajstić information content (AvgIpc) is 2.35. The van der Waals surface area contributed by atoms with E-state index in [4.69, 9.17) is 0 Å². The molecule has 88 valence electrons. The van der Waals surface area contributed by atoms with Gasteiger partial charge >= 0.3 is 5.97 Å². The van der Waals surface area contributed by atoms with Crippen molar-refractivity contribution in [3.8, 4) is 0 Å². The number of halogens is 1.